The van der Waals surface area contributed by atoms with E-state index >= 15 is 0 Å². The van der Waals surface area contributed by atoms with E-state index in [4.69, 9.17) is 14.5 Å². The van der Waals surface area contributed by atoms with Crippen molar-refractivity contribution in [3.8, 4) is 29.0 Å². The second-order valence-electron chi connectivity index (χ2n) is 4.75. The average molecular weight is 310 g/mol. The molecule has 0 radical (unpaired) electrons. The van der Waals surface area contributed by atoms with Crippen molar-refractivity contribution in [1.29, 1.82) is 5.26 Å². The molecule has 23 heavy (non-hydrogen) atoms. The first kappa shape index (κ1) is 14.8. The molecule has 0 atom stereocenters. The summed E-state index contributed by atoms with van der Waals surface area (Å²) in [5.74, 6) is 0.0552. The van der Waals surface area contributed by atoms with Gasteiger partial charge in [0, 0.05) is 12.7 Å². The van der Waals surface area contributed by atoms with Crippen LogP contribution >= 0.6 is 0 Å². The van der Waals surface area contributed by atoms with E-state index in [1.807, 2.05) is 0 Å². The topological polar surface area (TPSA) is 84.8 Å². The highest BCUT2D eigenvalue weighted by Crippen LogP contribution is 2.24. The number of rotatable bonds is 4. The van der Waals surface area contributed by atoms with Gasteiger partial charge in [0.05, 0.1) is 24.4 Å². The van der Waals surface area contributed by atoms with Crippen LogP contribution in [0.2, 0.25) is 0 Å². The first-order chi connectivity index (χ1) is 11.2. The van der Waals surface area contributed by atoms with Gasteiger partial charge in [0.1, 0.15) is 11.5 Å². The number of methoxy groups -OCH3 is 1. The Morgan fingerprint density at radius 1 is 1.30 bits per heavy atom. The quantitative estimate of drug-likeness (QED) is 0.736. The normalized spacial score (nSPS) is 10.5. The van der Waals surface area contributed by atoms with Crippen LogP contribution in [0.1, 0.15) is 11.1 Å². The van der Waals surface area contributed by atoms with Crippen LogP contribution in [0, 0.1) is 17.1 Å². The molecular weight excluding hydrogens is 299 g/mol. The molecule has 0 unspecified atom stereocenters. The second-order valence-corrected chi connectivity index (χ2v) is 4.75. The summed E-state index contributed by atoms with van der Waals surface area (Å²) in [7, 11) is 1.57. The predicted octanol–water partition coefficient (Wildman–Crippen LogP) is 2.96. The molecule has 0 amide bonds. The van der Waals surface area contributed by atoms with Crippen molar-refractivity contribution < 1.29 is 13.7 Å². The van der Waals surface area contributed by atoms with E-state index in [-0.39, 0.29) is 11.7 Å². The van der Waals surface area contributed by atoms with E-state index in [9.17, 15) is 4.39 Å². The Bertz CT molecular complexity index is 869. The Morgan fingerprint density at radius 3 is 2.87 bits per heavy atom. The summed E-state index contributed by atoms with van der Waals surface area (Å²) in [6.45, 7) is 0.364. The van der Waals surface area contributed by atoms with Crippen LogP contribution in [0.5, 0.6) is 0 Å². The van der Waals surface area contributed by atoms with E-state index in [1.165, 1.54) is 12.1 Å². The van der Waals surface area contributed by atoms with Gasteiger partial charge >= 0.3 is 0 Å². The number of hydrogen-bond donors (Lipinski definition) is 0. The minimum absolute atomic E-state index is 0.246. The molecule has 6 nitrogen and oxygen atoms in total. The van der Waals surface area contributed by atoms with Crippen molar-refractivity contribution in [3.63, 3.8) is 0 Å². The maximum atomic E-state index is 12.9. The Balaban J connectivity index is 1.98. The molecule has 3 aromatic rings. The fourth-order valence-electron chi connectivity index (χ4n) is 2.08. The Morgan fingerprint density at radius 2 is 2.17 bits per heavy atom. The highest BCUT2D eigenvalue weighted by atomic mass is 19.1. The summed E-state index contributed by atoms with van der Waals surface area (Å²) in [6.07, 6.45) is 1.08. The number of pyridine rings is 1. The number of benzene rings is 1. The third-order valence-corrected chi connectivity index (χ3v) is 3.06. The fraction of sp³-hybridized carbons (Fsp3) is 0.125. The Kier molecular flexibility index (Phi) is 4.08. The third kappa shape index (κ3) is 3.22. The Labute approximate surface area is 131 Å². The summed E-state index contributed by atoms with van der Waals surface area (Å²) in [6, 6.07) is 10.00. The molecule has 114 valence electrons. The van der Waals surface area contributed by atoms with Crippen LogP contribution in [0.25, 0.3) is 23.0 Å². The maximum absolute atomic E-state index is 12.9. The summed E-state index contributed by atoms with van der Waals surface area (Å²) in [4.78, 5) is 8.15. The molecule has 0 bridgehead atoms. The van der Waals surface area contributed by atoms with E-state index in [0.29, 0.717) is 23.4 Å². The third-order valence-electron chi connectivity index (χ3n) is 3.06. The lowest BCUT2D eigenvalue weighted by atomic mass is 10.1. The number of halogens is 1. The molecule has 0 saturated carbocycles. The van der Waals surface area contributed by atoms with Crippen molar-refractivity contribution in [2.24, 2.45) is 0 Å². The minimum Gasteiger partial charge on any atom is -0.380 e. The van der Waals surface area contributed by atoms with Gasteiger partial charge in [0.2, 0.25) is 5.82 Å². The zero-order valence-corrected chi connectivity index (χ0v) is 12.2. The van der Waals surface area contributed by atoms with Gasteiger partial charge in [-0.15, -0.1) is 0 Å². The minimum atomic E-state index is -0.441. The molecule has 0 aliphatic carbocycles. The lowest BCUT2D eigenvalue weighted by Gasteiger charge is -2.02. The van der Waals surface area contributed by atoms with E-state index in [2.05, 4.69) is 21.2 Å². The van der Waals surface area contributed by atoms with Crippen LogP contribution in [0.4, 0.5) is 4.39 Å². The highest BCUT2D eigenvalue weighted by molar-refractivity contribution is 5.60. The van der Waals surface area contributed by atoms with Gasteiger partial charge in [0.25, 0.3) is 5.89 Å². The van der Waals surface area contributed by atoms with Crippen LogP contribution in [-0.4, -0.2) is 22.2 Å². The summed E-state index contributed by atoms with van der Waals surface area (Å²) < 4.78 is 23.2. The van der Waals surface area contributed by atoms with Gasteiger partial charge in [-0.25, -0.2) is 9.37 Å². The van der Waals surface area contributed by atoms with Crippen LogP contribution in [0.15, 0.2) is 41.1 Å². The van der Waals surface area contributed by atoms with Crippen molar-refractivity contribution in [3.05, 3.63) is 53.5 Å². The van der Waals surface area contributed by atoms with Crippen LogP contribution in [-0.2, 0) is 11.3 Å². The van der Waals surface area contributed by atoms with E-state index in [0.717, 1.165) is 11.8 Å². The predicted molar refractivity (Wildman–Crippen MR) is 78.4 cm³/mol. The molecule has 2 heterocycles. The van der Waals surface area contributed by atoms with Crippen LogP contribution < -0.4 is 0 Å². The molecule has 0 N–H and O–H groups in total. The number of ether oxygens (including phenoxy) is 1. The highest BCUT2D eigenvalue weighted by Gasteiger charge is 2.13. The van der Waals surface area contributed by atoms with Crippen molar-refractivity contribution >= 4 is 0 Å². The first-order valence-corrected chi connectivity index (χ1v) is 6.68. The van der Waals surface area contributed by atoms with Crippen molar-refractivity contribution in [2.75, 3.05) is 7.11 Å². The zero-order valence-electron chi connectivity index (χ0n) is 12.2. The smallest absolute Gasteiger partial charge is 0.258 e. The van der Waals surface area contributed by atoms with E-state index in [1.54, 1.807) is 25.3 Å². The number of nitriles is 1. The monoisotopic (exact) mass is 310 g/mol. The SMILES string of the molecule is COCc1cc(C#N)cc(-c2nc(-c3ccc(F)cn3)no2)c1. The molecule has 0 fully saturated rings. The van der Waals surface area contributed by atoms with Gasteiger partial charge in [-0.3, -0.25) is 0 Å². The number of nitrogens with zero attached hydrogens (tertiary/aromatic N) is 4. The van der Waals surface area contributed by atoms with Gasteiger partial charge in [-0.2, -0.15) is 10.2 Å². The lowest BCUT2D eigenvalue weighted by Crippen LogP contribution is -1.91. The van der Waals surface area contributed by atoms with Gasteiger partial charge in [-0.1, -0.05) is 5.16 Å². The number of aromatic nitrogens is 3. The molecule has 3 rings (SSSR count). The summed E-state index contributed by atoms with van der Waals surface area (Å²) in [5.41, 5.74) is 2.29. The lowest BCUT2D eigenvalue weighted by molar-refractivity contribution is 0.185. The van der Waals surface area contributed by atoms with Gasteiger partial charge in [0.15, 0.2) is 0 Å². The fourth-order valence-corrected chi connectivity index (χ4v) is 2.08. The molecule has 0 aliphatic heterocycles. The van der Waals surface area contributed by atoms with Gasteiger partial charge < -0.3 is 9.26 Å². The second kappa shape index (κ2) is 6.34. The molecule has 2 aromatic heterocycles. The molecule has 0 saturated heterocycles. The summed E-state index contributed by atoms with van der Waals surface area (Å²) >= 11 is 0. The Hall–Kier alpha value is -3.11. The molecular formula is C16H11FN4O2. The van der Waals surface area contributed by atoms with Crippen LogP contribution in [0.3, 0.4) is 0 Å². The van der Waals surface area contributed by atoms with E-state index < -0.39 is 5.82 Å². The van der Waals surface area contributed by atoms with Gasteiger partial charge in [-0.05, 0) is 35.9 Å². The average Bonchev–Trinajstić information content (AvgIpc) is 3.05. The molecule has 0 spiro atoms. The standard InChI is InChI=1S/C16H11FN4O2/c1-22-9-11-4-10(7-18)5-12(6-11)16-20-15(21-23-16)14-3-2-13(17)8-19-14/h2-6,8H,9H2,1H3. The molecule has 7 heteroatoms. The van der Waals surface area contributed by atoms with Crippen molar-refractivity contribution in [1.82, 2.24) is 15.1 Å². The molecule has 0 aliphatic rings. The number of hydrogen-bond acceptors (Lipinski definition) is 6. The zero-order chi connectivity index (χ0) is 16.2. The summed E-state index contributed by atoms with van der Waals surface area (Å²) in [5, 5.41) is 12.9. The largest absolute Gasteiger partial charge is 0.380 e. The maximum Gasteiger partial charge on any atom is 0.258 e. The molecule has 1 aromatic carbocycles. The van der Waals surface area contributed by atoms with Crippen molar-refractivity contribution in [2.45, 2.75) is 6.61 Å². The first-order valence-electron chi connectivity index (χ1n) is 6.68.